The highest BCUT2D eigenvalue weighted by atomic mass is 16.5. The fraction of sp³-hybridized carbons (Fsp3) is 0.500. The highest BCUT2D eigenvalue weighted by Gasteiger charge is 2.25. The lowest BCUT2D eigenvalue weighted by Crippen LogP contribution is -2.27. The minimum atomic E-state index is 0.224. The Morgan fingerprint density at radius 3 is 3.00 bits per heavy atom. The Hall–Kier alpha value is -1.06. The molecule has 2 atom stereocenters. The third-order valence-corrected chi connectivity index (χ3v) is 2.86. The van der Waals surface area contributed by atoms with Crippen molar-refractivity contribution in [1.82, 2.24) is 5.32 Å². The molecular formula is C12H18N2O. The Morgan fingerprint density at radius 2 is 2.33 bits per heavy atom. The Balaban J connectivity index is 2.16. The van der Waals surface area contributed by atoms with Gasteiger partial charge in [0.25, 0.3) is 0 Å². The molecule has 0 amide bonds. The van der Waals surface area contributed by atoms with E-state index >= 15 is 0 Å². The maximum atomic E-state index is 6.03. The van der Waals surface area contributed by atoms with Gasteiger partial charge in [0.15, 0.2) is 0 Å². The van der Waals surface area contributed by atoms with Gasteiger partial charge in [-0.05, 0) is 24.6 Å². The van der Waals surface area contributed by atoms with E-state index in [-0.39, 0.29) is 6.04 Å². The van der Waals surface area contributed by atoms with E-state index in [9.17, 15) is 0 Å². The third-order valence-electron chi connectivity index (χ3n) is 2.86. The van der Waals surface area contributed by atoms with Crippen molar-refractivity contribution in [1.29, 1.82) is 0 Å². The van der Waals surface area contributed by atoms with Crippen molar-refractivity contribution in [2.75, 3.05) is 19.7 Å². The molecule has 0 radical (unpaired) electrons. The standard InChI is InChI=1S/C12H18N2O/c1-2-15-10-5-3-4-9(6-10)11-7-14-8-12(11)13/h3-6,11-12,14H,2,7-8,13H2,1H3/t11-,12-/m0/s1. The highest BCUT2D eigenvalue weighted by molar-refractivity contribution is 5.32. The lowest BCUT2D eigenvalue weighted by atomic mass is 9.95. The Labute approximate surface area is 90.6 Å². The van der Waals surface area contributed by atoms with E-state index < -0.39 is 0 Å². The molecule has 1 aromatic carbocycles. The number of benzene rings is 1. The second kappa shape index (κ2) is 4.64. The highest BCUT2D eigenvalue weighted by Crippen LogP contribution is 2.24. The summed E-state index contributed by atoms with van der Waals surface area (Å²) in [7, 11) is 0. The molecule has 3 heteroatoms. The fourth-order valence-electron chi connectivity index (χ4n) is 2.07. The van der Waals surface area contributed by atoms with E-state index in [2.05, 4.69) is 17.4 Å². The van der Waals surface area contributed by atoms with E-state index in [1.54, 1.807) is 0 Å². The second-order valence-corrected chi connectivity index (χ2v) is 3.93. The van der Waals surface area contributed by atoms with Crippen LogP contribution in [0, 0.1) is 0 Å². The van der Waals surface area contributed by atoms with Gasteiger partial charge in [-0.3, -0.25) is 0 Å². The van der Waals surface area contributed by atoms with Crippen molar-refractivity contribution in [2.45, 2.75) is 18.9 Å². The molecular weight excluding hydrogens is 188 g/mol. The number of ether oxygens (including phenoxy) is 1. The van der Waals surface area contributed by atoms with Crippen LogP contribution in [0.3, 0.4) is 0 Å². The molecule has 3 nitrogen and oxygen atoms in total. The first-order valence-electron chi connectivity index (χ1n) is 5.50. The van der Waals surface area contributed by atoms with Crippen LogP contribution in [0.4, 0.5) is 0 Å². The number of rotatable bonds is 3. The molecule has 1 fully saturated rings. The van der Waals surface area contributed by atoms with Crippen molar-refractivity contribution in [3.05, 3.63) is 29.8 Å². The van der Waals surface area contributed by atoms with Crippen LogP contribution in [0.1, 0.15) is 18.4 Å². The first-order valence-corrected chi connectivity index (χ1v) is 5.50. The summed E-state index contributed by atoms with van der Waals surface area (Å²) in [6, 6.07) is 8.47. The van der Waals surface area contributed by atoms with Gasteiger partial charge in [-0.25, -0.2) is 0 Å². The van der Waals surface area contributed by atoms with Crippen LogP contribution >= 0.6 is 0 Å². The molecule has 0 bridgehead atoms. The Bertz CT molecular complexity index is 327. The first-order chi connectivity index (χ1) is 7.31. The lowest BCUT2D eigenvalue weighted by Gasteiger charge is -2.15. The molecule has 0 spiro atoms. The molecule has 0 aliphatic carbocycles. The van der Waals surface area contributed by atoms with Crippen molar-refractivity contribution >= 4 is 0 Å². The second-order valence-electron chi connectivity index (χ2n) is 3.93. The molecule has 82 valence electrons. The molecule has 3 N–H and O–H groups in total. The van der Waals surface area contributed by atoms with Gasteiger partial charge in [0.05, 0.1) is 6.61 Å². The van der Waals surface area contributed by atoms with Gasteiger partial charge in [0.2, 0.25) is 0 Å². The van der Waals surface area contributed by atoms with E-state index in [4.69, 9.17) is 10.5 Å². The normalized spacial score (nSPS) is 25.5. The van der Waals surface area contributed by atoms with Gasteiger partial charge in [-0.2, -0.15) is 0 Å². The van der Waals surface area contributed by atoms with Gasteiger partial charge in [-0.1, -0.05) is 12.1 Å². The SMILES string of the molecule is CCOc1cccc([C@@H]2CNC[C@@H]2N)c1. The zero-order chi connectivity index (χ0) is 10.7. The maximum absolute atomic E-state index is 6.03. The molecule has 1 saturated heterocycles. The van der Waals surface area contributed by atoms with Crippen molar-refractivity contribution in [3.8, 4) is 5.75 Å². The van der Waals surface area contributed by atoms with Crippen LogP contribution in [0.2, 0.25) is 0 Å². The van der Waals surface area contributed by atoms with Gasteiger partial charge in [0, 0.05) is 25.0 Å². The number of hydrogen-bond donors (Lipinski definition) is 2. The predicted molar refractivity (Wildman–Crippen MR) is 61.2 cm³/mol. The molecule has 0 saturated carbocycles. The zero-order valence-corrected chi connectivity index (χ0v) is 9.07. The van der Waals surface area contributed by atoms with Crippen LogP contribution < -0.4 is 15.8 Å². The molecule has 15 heavy (non-hydrogen) atoms. The topological polar surface area (TPSA) is 47.3 Å². The van der Waals surface area contributed by atoms with Crippen LogP contribution in [0.5, 0.6) is 5.75 Å². The van der Waals surface area contributed by atoms with Crippen LogP contribution in [0.25, 0.3) is 0 Å². The first kappa shape index (κ1) is 10.5. The van der Waals surface area contributed by atoms with Crippen LogP contribution in [-0.4, -0.2) is 25.7 Å². The molecule has 1 heterocycles. The quantitative estimate of drug-likeness (QED) is 0.778. The molecule has 0 aromatic heterocycles. The average Bonchev–Trinajstić information content (AvgIpc) is 2.65. The largest absolute Gasteiger partial charge is 0.494 e. The molecule has 1 aromatic rings. The van der Waals surface area contributed by atoms with Gasteiger partial charge >= 0.3 is 0 Å². The van der Waals surface area contributed by atoms with E-state index in [1.807, 2.05) is 19.1 Å². The third kappa shape index (κ3) is 2.30. The average molecular weight is 206 g/mol. The fourth-order valence-corrected chi connectivity index (χ4v) is 2.07. The summed E-state index contributed by atoms with van der Waals surface area (Å²) in [5.41, 5.74) is 7.31. The van der Waals surface area contributed by atoms with Gasteiger partial charge < -0.3 is 15.8 Å². The summed E-state index contributed by atoms with van der Waals surface area (Å²) >= 11 is 0. The number of hydrogen-bond acceptors (Lipinski definition) is 3. The summed E-state index contributed by atoms with van der Waals surface area (Å²) in [4.78, 5) is 0. The van der Waals surface area contributed by atoms with Crippen molar-refractivity contribution in [3.63, 3.8) is 0 Å². The summed E-state index contributed by atoms with van der Waals surface area (Å²) in [5, 5.41) is 3.31. The maximum Gasteiger partial charge on any atom is 0.119 e. The zero-order valence-electron chi connectivity index (χ0n) is 9.07. The van der Waals surface area contributed by atoms with Crippen molar-refractivity contribution < 1.29 is 4.74 Å². The number of nitrogens with two attached hydrogens (primary N) is 1. The summed E-state index contributed by atoms with van der Waals surface area (Å²) in [6.45, 7) is 4.58. The molecule has 0 unspecified atom stereocenters. The van der Waals surface area contributed by atoms with Gasteiger partial charge in [-0.15, -0.1) is 0 Å². The summed E-state index contributed by atoms with van der Waals surface area (Å²) < 4.78 is 5.48. The molecule has 2 rings (SSSR count). The summed E-state index contributed by atoms with van der Waals surface area (Å²) in [5.74, 6) is 1.36. The smallest absolute Gasteiger partial charge is 0.119 e. The van der Waals surface area contributed by atoms with E-state index in [0.717, 1.165) is 18.8 Å². The van der Waals surface area contributed by atoms with E-state index in [0.29, 0.717) is 12.5 Å². The van der Waals surface area contributed by atoms with E-state index in [1.165, 1.54) is 5.56 Å². The summed E-state index contributed by atoms with van der Waals surface area (Å²) in [6.07, 6.45) is 0. The monoisotopic (exact) mass is 206 g/mol. The lowest BCUT2D eigenvalue weighted by molar-refractivity contribution is 0.339. The van der Waals surface area contributed by atoms with Crippen LogP contribution in [0.15, 0.2) is 24.3 Å². The van der Waals surface area contributed by atoms with Gasteiger partial charge in [0.1, 0.15) is 5.75 Å². The Morgan fingerprint density at radius 1 is 1.47 bits per heavy atom. The molecule has 1 aliphatic rings. The molecule has 1 aliphatic heterocycles. The van der Waals surface area contributed by atoms with Crippen molar-refractivity contribution in [2.24, 2.45) is 5.73 Å². The number of nitrogens with one attached hydrogen (secondary N) is 1. The Kier molecular flexibility index (Phi) is 3.23. The minimum absolute atomic E-state index is 0.224. The van der Waals surface area contributed by atoms with Crippen LogP contribution in [-0.2, 0) is 0 Å². The predicted octanol–water partition coefficient (Wildman–Crippen LogP) is 1.10. The minimum Gasteiger partial charge on any atom is -0.494 e.